The Morgan fingerprint density at radius 3 is 2.47 bits per heavy atom. The van der Waals surface area contributed by atoms with Gasteiger partial charge in [-0.2, -0.15) is 13.2 Å². The minimum absolute atomic E-state index is 0.139. The molecular formula is C11H10F3NO2. The van der Waals surface area contributed by atoms with Crippen LogP contribution in [-0.2, 0) is 4.79 Å². The van der Waals surface area contributed by atoms with E-state index in [2.05, 4.69) is 0 Å². The second-order valence-electron chi connectivity index (χ2n) is 3.32. The molecule has 1 rings (SSSR count). The summed E-state index contributed by atoms with van der Waals surface area (Å²) in [5.41, 5.74) is 5.06. The normalized spacial score (nSPS) is 13.9. The highest BCUT2D eigenvalue weighted by Crippen LogP contribution is 2.32. The Hall–Kier alpha value is -1.82. The quantitative estimate of drug-likeness (QED) is 0.803. The van der Waals surface area contributed by atoms with Gasteiger partial charge in [0.25, 0.3) is 0 Å². The lowest BCUT2D eigenvalue weighted by Crippen LogP contribution is -2.29. The molecule has 1 atom stereocenters. The number of carboxylic acids is 1. The summed E-state index contributed by atoms with van der Waals surface area (Å²) in [4.78, 5) is 10.3. The average molecular weight is 245 g/mol. The highest BCUT2D eigenvalue weighted by Gasteiger charge is 2.38. The Kier molecular flexibility index (Phi) is 3.90. The number of halogens is 3. The number of benzene rings is 1. The zero-order chi connectivity index (χ0) is 13.1. The molecule has 3 nitrogen and oxygen atoms in total. The van der Waals surface area contributed by atoms with Crippen LogP contribution in [0.3, 0.4) is 0 Å². The van der Waals surface area contributed by atoms with E-state index in [4.69, 9.17) is 10.8 Å². The van der Waals surface area contributed by atoms with Gasteiger partial charge < -0.3 is 10.8 Å². The lowest BCUT2D eigenvalue weighted by molar-refractivity contribution is -0.149. The monoisotopic (exact) mass is 245 g/mol. The highest BCUT2D eigenvalue weighted by atomic mass is 19.4. The minimum atomic E-state index is -4.56. The van der Waals surface area contributed by atoms with Gasteiger partial charge in [0, 0.05) is 6.08 Å². The van der Waals surface area contributed by atoms with E-state index in [9.17, 15) is 18.0 Å². The fourth-order valence-electron chi connectivity index (χ4n) is 1.28. The molecule has 3 N–H and O–H groups in total. The van der Waals surface area contributed by atoms with E-state index in [1.165, 1.54) is 24.3 Å². The van der Waals surface area contributed by atoms with Crippen molar-refractivity contribution in [1.82, 2.24) is 0 Å². The second-order valence-corrected chi connectivity index (χ2v) is 3.32. The van der Waals surface area contributed by atoms with Crippen LogP contribution < -0.4 is 5.73 Å². The Morgan fingerprint density at radius 2 is 1.94 bits per heavy atom. The molecule has 0 fully saturated rings. The molecule has 0 unspecified atom stereocenters. The standard InChI is InChI=1S/C11H10F3NO2/c12-11(13,14)10(15)8-4-2-1-3-7(8)5-6-9(16)17/h1-6,10H,15H2,(H,16,17)/b6-5+/t10-/m0/s1. The highest BCUT2D eigenvalue weighted by molar-refractivity contribution is 5.85. The number of hydrogen-bond acceptors (Lipinski definition) is 2. The van der Waals surface area contributed by atoms with Gasteiger partial charge in [0.2, 0.25) is 0 Å². The number of hydrogen-bond donors (Lipinski definition) is 2. The fourth-order valence-corrected chi connectivity index (χ4v) is 1.28. The zero-order valence-corrected chi connectivity index (χ0v) is 8.61. The van der Waals surface area contributed by atoms with Crippen LogP contribution in [0.5, 0.6) is 0 Å². The molecule has 1 aromatic rings. The summed E-state index contributed by atoms with van der Waals surface area (Å²) in [7, 11) is 0. The van der Waals surface area contributed by atoms with Crippen LogP contribution in [0.15, 0.2) is 30.3 Å². The van der Waals surface area contributed by atoms with Crippen molar-refractivity contribution in [3.05, 3.63) is 41.5 Å². The van der Waals surface area contributed by atoms with Gasteiger partial charge in [-0.3, -0.25) is 0 Å². The summed E-state index contributed by atoms with van der Waals surface area (Å²) in [5.74, 6) is -1.24. The number of carboxylic acid groups (broad SMARTS) is 1. The van der Waals surface area contributed by atoms with E-state index in [-0.39, 0.29) is 11.1 Å². The van der Waals surface area contributed by atoms with Gasteiger partial charge in [-0.15, -0.1) is 0 Å². The summed E-state index contributed by atoms with van der Waals surface area (Å²) in [6.45, 7) is 0. The molecule has 0 spiro atoms. The van der Waals surface area contributed by atoms with Gasteiger partial charge in [0.15, 0.2) is 0 Å². The molecular weight excluding hydrogens is 235 g/mol. The van der Waals surface area contributed by atoms with Crippen LogP contribution in [0, 0.1) is 0 Å². The Labute approximate surface area is 95.4 Å². The minimum Gasteiger partial charge on any atom is -0.478 e. The molecule has 1 aromatic carbocycles. The van der Waals surface area contributed by atoms with E-state index in [0.717, 1.165) is 12.2 Å². The number of rotatable bonds is 3. The predicted molar refractivity (Wildman–Crippen MR) is 56.1 cm³/mol. The van der Waals surface area contributed by atoms with E-state index in [1.807, 2.05) is 0 Å². The Balaban J connectivity index is 3.12. The summed E-state index contributed by atoms with van der Waals surface area (Å²) >= 11 is 0. The van der Waals surface area contributed by atoms with Gasteiger partial charge >= 0.3 is 12.1 Å². The first-order valence-corrected chi connectivity index (χ1v) is 4.64. The number of aliphatic carboxylic acids is 1. The van der Waals surface area contributed by atoms with Crippen molar-refractivity contribution in [2.75, 3.05) is 0 Å². The Bertz CT molecular complexity index is 441. The molecule has 0 aliphatic heterocycles. The van der Waals surface area contributed by atoms with Crippen LogP contribution in [-0.4, -0.2) is 17.3 Å². The number of alkyl halides is 3. The first-order chi connectivity index (χ1) is 7.82. The maximum absolute atomic E-state index is 12.4. The zero-order valence-electron chi connectivity index (χ0n) is 8.61. The molecule has 0 aliphatic carbocycles. The van der Waals surface area contributed by atoms with E-state index in [0.29, 0.717) is 0 Å². The van der Waals surface area contributed by atoms with Crippen LogP contribution in [0.25, 0.3) is 6.08 Å². The summed E-state index contributed by atoms with van der Waals surface area (Å²) in [6.07, 6.45) is -2.71. The molecule has 0 aliphatic rings. The van der Waals surface area contributed by atoms with Crippen LogP contribution in [0.4, 0.5) is 13.2 Å². The molecule has 0 radical (unpaired) electrons. The third-order valence-corrected chi connectivity index (χ3v) is 2.09. The van der Waals surface area contributed by atoms with Gasteiger partial charge in [-0.05, 0) is 17.2 Å². The van der Waals surface area contributed by atoms with Crippen LogP contribution in [0.2, 0.25) is 0 Å². The molecule has 0 saturated heterocycles. The average Bonchev–Trinajstić information content (AvgIpc) is 2.24. The van der Waals surface area contributed by atoms with E-state index >= 15 is 0 Å². The summed E-state index contributed by atoms with van der Waals surface area (Å²) < 4.78 is 37.3. The van der Waals surface area contributed by atoms with Crippen LogP contribution in [0.1, 0.15) is 17.2 Å². The first kappa shape index (κ1) is 13.2. The molecule has 92 valence electrons. The van der Waals surface area contributed by atoms with Gasteiger partial charge in [0.1, 0.15) is 6.04 Å². The van der Waals surface area contributed by atoms with E-state index in [1.54, 1.807) is 0 Å². The maximum atomic E-state index is 12.4. The van der Waals surface area contributed by atoms with E-state index < -0.39 is 18.2 Å². The number of carbonyl (C=O) groups is 1. The molecule has 17 heavy (non-hydrogen) atoms. The van der Waals surface area contributed by atoms with Crippen molar-refractivity contribution < 1.29 is 23.1 Å². The van der Waals surface area contributed by atoms with Gasteiger partial charge in [-0.25, -0.2) is 4.79 Å². The van der Waals surface area contributed by atoms with Crippen molar-refractivity contribution in [3.8, 4) is 0 Å². The van der Waals surface area contributed by atoms with Gasteiger partial charge in [0.05, 0.1) is 0 Å². The molecule has 0 saturated carbocycles. The second kappa shape index (κ2) is 5.01. The molecule has 0 amide bonds. The molecule has 0 heterocycles. The van der Waals surface area contributed by atoms with Gasteiger partial charge in [-0.1, -0.05) is 24.3 Å². The van der Waals surface area contributed by atoms with Crippen molar-refractivity contribution in [3.63, 3.8) is 0 Å². The smallest absolute Gasteiger partial charge is 0.407 e. The van der Waals surface area contributed by atoms with Crippen molar-refractivity contribution in [2.24, 2.45) is 5.73 Å². The topological polar surface area (TPSA) is 63.3 Å². The summed E-state index contributed by atoms with van der Waals surface area (Å²) in [5, 5.41) is 8.42. The number of nitrogens with two attached hydrogens (primary N) is 1. The maximum Gasteiger partial charge on any atom is 0.407 e. The third kappa shape index (κ3) is 3.60. The largest absolute Gasteiger partial charge is 0.478 e. The lowest BCUT2D eigenvalue weighted by atomic mass is 10.00. The molecule has 6 heteroatoms. The van der Waals surface area contributed by atoms with Crippen molar-refractivity contribution in [2.45, 2.75) is 12.2 Å². The third-order valence-electron chi connectivity index (χ3n) is 2.09. The lowest BCUT2D eigenvalue weighted by Gasteiger charge is -2.17. The fraction of sp³-hybridized carbons (Fsp3) is 0.182. The Morgan fingerprint density at radius 1 is 1.35 bits per heavy atom. The van der Waals surface area contributed by atoms with Crippen LogP contribution >= 0.6 is 0 Å². The SMILES string of the molecule is N[C@@H](c1ccccc1/C=C/C(=O)O)C(F)(F)F. The molecule has 0 bridgehead atoms. The predicted octanol–water partition coefficient (Wildman–Crippen LogP) is 2.35. The van der Waals surface area contributed by atoms with Crippen molar-refractivity contribution in [1.29, 1.82) is 0 Å². The first-order valence-electron chi connectivity index (χ1n) is 4.64. The summed E-state index contributed by atoms with van der Waals surface area (Å²) in [6, 6.07) is 3.39. The molecule has 0 aromatic heterocycles. The van der Waals surface area contributed by atoms with Crippen molar-refractivity contribution >= 4 is 12.0 Å².